The fourth-order valence-electron chi connectivity index (χ4n) is 2.69. The van der Waals surface area contributed by atoms with Crippen LogP contribution in [0.4, 0.5) is 5.69 Å². The fraction of sp³-hybridized carbons (Fsp3) is 0.158. The average molecular weight is 365 g/mol. The van der Waals surface area contributed by atoms with Crippen molar-refractivity contribution in [2.24, 2.45) is 5.84 Å². The molecule has 1 heterocycles. The molecule has 3 rings (SSSR count). The largest absolute Gasteiger partial charge is 0.307 e. The van der Waals surface area contributed by atoms with E-state index in [-0.39, 0.29) is 11.0 Å². The van der Waals surface area contributed by atoms with Crippen LogP contribution in [0.5, 0.6) is 0 Å². The Hall–Kier alpha value is -2.92. The van der Waals surface area contributed by atoms with Crippen LogP contribution in [0, 0.1) is 11.8 Å². The second-order valence-electron chi connectivity index (χ2n) is 5.68. The van der Waals surface area contributed by atoms with Crippen LogP contribution in [-0.2, 0) is 11.3 Å². The van der Waals surface area contributed by atoms with E-state index in [1.165, 1.54) is 0 Å². The first kappa shape index (κ1) is 17.9. The van der Waals surface area contributed by atoms with Gasteiger partial charge in [-0.2, -0.15) is 0 Å². The molecule has 0 saturated heterocycles. The van der Waals surface area contributed by atoms with E-state index >= 15 is 0 Å². The standard InChI is InChI=1S/C19H19N5OS/c20-22-19(26)23-21-12-11-18(25)24-13-16-7-2-1-5-14(16)9-10-15-6-3-4-8-17(15)24/h1-8,21H,11-13,20H2,(H2,22,23,26). The first-order chi connectivity index (χ1) is 12.7. The predicted molar refractivity (Wildman–Crippen MR) is 106 cm³/mol. The number of carbonyl (C=O) groups is 1. The number of carbonyl (C=O) groups excluding carboxylic acids is 1. The number of benzene rings is 2. The third kappa shape index (κ3) is 4.18. The van der Waals surface area contributed by atoms with Gasteiger partial charge in [-0.1, -0.05) is 42.2 Å². The lowest BCUT2D eigenvalue weighted by Gasteiger charge is -2.26. The predicted octanol–water partition coefficient (Wildman–Crippen LogP) is 1.17. The van der Waals surface area contributed by atoms with E-state index in [4.69, 9.17) is 18.1 Å². The van der Waals surface area contributed by atoms with Crippen LogP contribution in [0.1, 0.15) is 23.1 Å². The van der Waals surface area contributed by atoms with E-state index in [1.54, 1.807) is 4.90 Å². The zero-order chi connectivity index (χ0) is 18.4. The molecule has 0 fully saturated rings. The minimum absolute atomic E-state index is 0.00289. The number of fused-ring (bicyclic) bond motifs is 2. The normalized spacial score (nSPS) is 11.8. The van der Waals surface area contributed by atoms with Crippen molar-refractivity contribution in [3.63, 3.8) is 0 Å². The summed E-state index contributed by atoms with van der Waals surface area (Å²) >= 11 is 4.87. The summed E-state index contributed by atoms with van der Waals surface area (Å²) in [7, 11) is 0. The number of amides is 1. The number of hydrogen-bond acceptors (Lipinski definition) is 4. The van der Waals surface area contributed by atoms with Gasteiger partial charge in [-0.3, -0.25) is 15.6 Å². The van der Waals surface area contributed by atoms with Gasteiger partial charge in [0.05, 0.1) is 12.2 Å². The highest BCUT2D eigenvalue weighted by molar-refractivity contribution is 7.80. The number of nitrogens with zero attached hydrogens (tertiary/aromatic N) is 1. The summed E-state index contributed by atoms with van der Waals surface area (Å²) in [4.78, 5) is 14.7. The third-order valence-corrected chi connectivity index (χ3v) is 4.19. The van der Waals surface area contributed by atoms with E-state index < -0.39 is 0 Å². The molecule has 7 heteroatoms. The van der Waals surface area contributed by atoms with Gasteiger partial charge in [0.1, 0.15) is 0 Å². The molecule has 0 radical (unpaired) electrons. The van der Waals surface area contributed by atoms with Crippen LogP contribution < -0.4 is 27.0 Å². The van der Waals surface area contributed by atoms with E-state index in [0.717, 1.165) is 22.4 Å². The number of nitrogens with one attached hydrogen (secondary N) is 3. The second-order valence-corrected chi connectivity index (χ2v) is 6.09. The summed E-state index contributed by atoms with van der Waals surface area (Å²) in [6, 6.07) is 15.6. The first-order valence-corrected chi connectivity index (χ1v) is 8.58. The molecule has 26 heavy (non-hydrogen) atoms. The number of anilines is 1. The Morgan fingerprint density at radius 2 is 1.81 bits per heavy atom. The van der Waals surface area contributed by atoms with Crippen molar-refractivity contribution in [1.29, 1.82) is 0 Å². The Morgan fingerprint density at radius 1 is 1.12 bits per heavy atom. The van der Waals surface area contributed by atoms with Gasteiger partial charge < -0.3 is 4.90 Å². The summed E-state index contributed by atoms with van der Waals surface area (Å²) in [5, 5.41) is 0.262. The van der Waals surface area contributed by atoms with Crippen molar-refractivity contribution in [2.75, 3.05) is 11.4 Å². The van der Waals surface area contributed by atoms with Crippen molar-refractivity contribution in [1.82, 2.24) is 16.3 Å². The molecule has 2 aromatic rings. The fourth-order valence-corrected chi connectivity index (χ4v) is 2.76. The lowest BCUT2D eigenvalue weighted by Crippen LogP contribution is -2.47. The minimum atomic E-state index is -0.00289. The lowest BCUT2D eigenvalue weighted by molar-refractivity contribution is -0.118. The molecule has 0 unspecified atom stereocenters. The molecule has 0 aromatic heterocycles. The topological polar surface area (TPSA) is 82.4 Å². The smallest absolute Gasteiger partial charge is 0.228 e. The van der Waals surface area contributed by atoms with Crippen LogP contribution in [0.3, 0.4) is 0 Å². The number of nitrogens with two attached hydrogens (primary N) is 1. The molecular formula is C19H19N5OS. The van der Waals surface area contributed by atoms with Crippen LogP contribution in [0.15, 0.2) is 48.5 Å². The maximum Gasteiger partial charge on any atom is 0.228 e. The van der Waals surface area contributed by atoms with Crippen molar-refractivity contribution in [3.8, 4) is 11.8 Å². The molecular weight excluding hydrogens is 346 g/mol. The minimum Gasteiger partial charge on any atom is -0.307 e. The van der Waals surface area contributed by atoms with E-state index in [0.29, 0.717) is 19.5 Å². The molecule has 1 aliphatic heterocycles. The highest BCUT2D eigenvalue weighted by Gasteiger charge is 2.20. The zero-order valence-electron chi connectivity index (χ0n) is 14.1. The Kier molecular flexibility index (Phi) is 5.81. The van der Waals surface area contributed by atoms with Gasteiger partial charge in [-0.15, -0.1) is 0 Å². The monoisotopic (exact) mass is 365 g/mol. The third-order valence-electron chi connectivity index (χ3n) is 3.97. The van der Waals surface area contributed by atoms with Crippen LogP contribution in [0.2, 0.25) is 0 Å². The molecule has 0 saturated carbocycles. The summed E-state index contributed by atoms with van der Waals surface area (Å²) in [5.74, 6) is 11.6. The average Bonchev–Trinajstić information content (AvgIpc) is 2.66. The van der Waals surface area contributed by atoms with Crippen LogP contribution >= 0.6 is 12.2 Å². The van der Waals surface area contributed by atoms with Crippen LogP contribution in [-0.4, -0.2) is 17.6 Å². The first-order valence-electron chi connectivity index (χ1n) is 8.18. The van der Waals surface area contributed by atoms with Gasteiger partial charge >= 0.3 is 0 Å². The van der Waals surface area contributed by atoms with Gasteiger partial charge in [-0.05, 0) is 36.0 Å². The number of hydrogen-bond donors (Lipinski definition) is 4. The number of para-hydroxylation sites is 1. The van der Waals surface area contributed by atoms with Gasteiger partial charge in [-0.25, -0.2) is 11.3 Å². The molecule has 132 valence electrons. The van der Waals surface area contributed by atoms with Gasteiger partial charge in [0.15, 0.2) is 5.11 Å². The zero-order valence-corrected chi connectivity index (χ0v) is 14.9. The molecule has 1 amide bonds. The van der Waals surface area contributed by atoms with E-state index in [2.05, 4.69) is 28.1 Å². The quantitative estimate of drug-likeness (QED) is 0.214. The molecule has 5 N–H and O–H groups in total. The van der Waals surface area contributed by atoms with Crippen molar-refractivity contribution >= 4 is 28.9 Å². The lowest BCUT2D eigenvalue weighted by atomic mass is 10.0. The van der Waals surface area contributed by atoms with Crippen LogP contribution in [0.25, 0.3) is 0 Å². The summed E-state index contributed by atoms with van der Waals surface area (Å²) in [6.07, 6.45) is 0.296. The SMILES string of the molecule is NNC(=S)NNCCC(=O)N1Cc2ccccc2C#Cc2ccccc21. The molecule has 1 aliphatic rings. The number of thiocarbonyl (C=S) groups is 1. The molecule has 0 spiro atoms. The highest BCUT2D eigenvalue weighted by atomic mass is 32.1. The van der Waals surface area contributed by atoms with Crippen molar-refractivity contribution in [3.05, 3.63) is 65.2 Å². The van der Waals surface area contributed by atoms with E-state index in [1.807, 2.05) is 48.5 Å². The number of rotatable bonds is 4. The van der Waals surface area contributed by atoms with Gasteiger partial charge in [0.2, 0.25) is 5.91 Å². The Morgan fingerprint density at radius 3 is 2.62 bits per heavy atom. The second kappa shape index (κ2) is 8.45. The molecule has 0 bridgehead atoms. The Balaban J connectivity index is 1.81. The Bertz CT molecular complexity index is 887. The highest BCUT2D eigenvalue weighted by Crippen LogP contribution is 2.25. The maximum absolute atomic E-state index is 12.9. The maximum atomic E-state index is 12.9. The van der Waals surface area contributed by atoms with Crippen molar-refractivity contribution < 1.29 is 4.79 Å². The molecule has 0 aliphatic carbocycles. The van der Waals surface area contributed by atoms with Gasteiger partial charge in [0, 0.05) is 24.1 Å². The summed E-state index contributed by atoms with van der Waals surface area (Å²) in [6.45, 7) is 0.892. The molecule has 2 aromatic carbocycles. The van der Waals surface area contributed by atoms with E-state index in [9.17, 15) is 4.79 Å². The Labute approximate surface area is 157 Å². The van der Waals surface area contributed by atoms with Crippen molar-refractivity contribution in [2.45, 2.75) is 13.0 Å². The molecule has 0 atom stereocenters. The number of hydrazine groups is 2. The summed E-state index contributed by atoms with van der Waals surface area (Å²) < 4.78 is 0. The van der Waals surface area contributed by atoms with Gasteiger partial charge in [0.25, 0.3) is 0 Å². The summed E-state index contributed by atoms with van der Waals surface area (Å²) in [5.41, 5.74) is 11.5. The molecule has 6 nitrogen and oxygen atoms in total.